The molecule has 0 unspecified atom stereocenters. The van der Waals surface area contributed by atoms with Gasteiger partial charge in [-0.3, -0.25) is 9.59 Å². The molecular weight excluding hydrogens is 442 g/mol. The fraction of sp³-hybridized carbons (Fsp3) is 0.160. The molecule has 33 heavy (non-hydrogen) atoms. The van der Waals surface area contributed by atoms with Crippen molar-refractivity contribution in [2.75, 3.05) is 11.9 Å². The van der Waals surface area contributed by atoms with E-state index in [0.717, 1.165) is 11.1 Å². The van der Waals surface area contributed by atoms with Crippen molar-refractivity contribution in [2.24, 2.45) is 5.10 Å². The van der Waals surface area contributed by atoms with Crippen molar-refractivity contribution in [1.82, 2.24) is 5.43 Å². The van der Waals surface area contributed by atoms with Crippen LogP contribution in [0.4, 0.5) is 5.69 Å². The summed E-state index contributed by atoms with van der Waals surface area (Å²) in [5, 5.41) is 6.70. The molecule has 170 valence electrons. The summed E-state index contributed by atoms with van der Waals surface area (Å²) in [6.07, 6.45) is 1.37. The number of halogens is 1. The maximum atomic E-state index is 12.0. The Labute approximate surface area is 197 Å². The third kappa shape index (κ3) is 7.08. The van der Waals surface area contributed by atoms with Crippen molar-refractivity contribution in [3.05, 3.63) is 88.4 Å². The molecule has 3 aromatic carbocycles. The van der Waals surface area contributed by atoms with Crippen LogP contribution in [0.2, 0.25) is 5.02 Å². The third-order valence-corrected chi connectivity index (χ3v) is 4.70. The van der Waals surface area contributed by atoms with Crippen LogP contribution in [-0.4, -0.2) is 24.6 Å². The highest BCUT2D eigenvalue weighted by molar-refractivity contribution is 6.39. The average Bonchev–Trinajstić information content (AvgIpc) is 2.79. The van der Waals surface area contributed by atoms with Crippen molar-refractivity contribution in [3.63, 3.8) is 0 Å². The first-order valence-corrected chi connectivity index (χ1v) is 10.7. The average molecular weight is 466 g/mol. The molecule has 3 aromatic rings. The molecule has 0 saturated carbocycles. The van der Waals surface area contributed by atoms with Crippen molar-refractivity contribution < 1.29 is 19.1 Å². The first-order chi connectivity index (χ1) is 16.0. The van der Waals surface area contributed by atoms with Crippen LogP contribution >= 0.6 is 11.6 Å². The number of nitrogens with zero attached hydrogens (tertiary/aromatic N) is 1. The van der Waals surface area contributed by atoms with Gasteiger partial charge in [0.1, 0.15) is 6.61 Å². The van der Waals surface area contributed by atoms with Gasteiger partial charge in [0.05, 0.1) is 17.8 Å². The van der Waals surface area contributed by atoms with Crippen molar-refractivity contribution >= 4 is 35.3 Å². The second-order valence-electron chi connectivity index (χ2n) is 7.06. The van der Waals surface area contributed by atoms with Crippen LogP contribution in [0.15, 0.2) is 71.8 Å². The molecule has 0 aliphatic rings. The number of carbonyl (C=O) groups is 2. The molecule has 7 nitrogen and oxygen atoms in total. The van der Waals surface area contributed by atoms with E-state index in [1.165, 1.54) is 6.21 Å². The molecule has 0 spiro atoms. The highest BCUT2D eigenvalue weighted by Crippen LogP contribution is 2.37. The monoisotopic (exact) mass is 465 g/mol. The van der Waals surface area contributed by atoms with Gasteiger partial charge in [-0.05, 0) is 54.8 Å². The van der Waals surface area contributed by atoms with E-state index in [1.54, 1.807) is 30.3 Å². The van der Waals surface area contributed by atoms with Gasteiger partial charge in [0.25, 0.3) is 0 Å². The Kier molecular flexibility index (Phi) is 8.43. The van der Waals surface area contributed by atoms with Crippen LogP contribution in [0.25, 0.3) is 0 Å². The van der Waals surface area contributed by atoms with Crippen molar-refractivity contribution in [3.8, 4) is 11.5 Å². The smallest absolute Gasteiger partial charge is 0.329 e. The molecule has 0 aliphatic carbocycles. The predicted octanol–water partition coefficient (Wildman–Crippen LogP) is 4.71. The number of anilines is 1. The zero-order valence-corrected chi connectivity index (χ0v) is 19.1. The van der Waals surface area contributed by atoms with Gasteiger partial charge in [0, 0.05) is 5.69 Å². The van der Waals surface area contributed by atoms with Crippen LogP contribution < -0.4 is 20.2 Å². The van der Waals surface area contributed by atoms with Crippen LogP contribution in [0.5, 0.6) is 11.5 Å². The summed E-state index contributed by atoms with van der Waals surface area (Å²) in [5.74, 6) is -0.853. The lowest BCUT2D eigenvalue weighted by Gasteiger charge is -2.14. The van der Waals surface area contributed by atoms with E-state index in [1.807, 2.05) is 50.2 Å². The van der Waals surface area contributed by atoms with Gasteiger partial charge in [0.2, 0.25) is 0 Å². The number of ether oxygens (including phenoxy) is 2. The van der Waals surface area contributed by atoms with Crippen LogP contribution in [-0.2, 0) is 16.2 Å². The van der Waals surface area contributed by atoms with E-state index < -0.39 is 11.8 Å². The SMILES string of the molecule is CCOc1cc(/C=N\NC(=O)C(=O)Nc2cccc(C)c2)cc(Cl)c1OCc1ccccc1. The van der Waals surface area contributed by atoms with E-state index in [-0.39, 0.29) is 0 Å². The zero-order chi connectivity index (χ0) is 23.6. The molecule has 0 aliphatic heterocycles. The number of rotatable bonds is 8. The van der Waals surface area contributed by atoms with Crippen LogP contribution in [0, 0.1) is 6.92 Å². The quantitative estimate of drug-likeness (QED) is 0.286. The highest BCUT2D eigenvalue weighted by atomic mass is 35.5. The number of carbonyl (C=O) groups excluding carboxylic acids is 2. The minimum atomic E-state index is -0.897. The normalized spacial score (nSPS) is 10.6. The third-order valence-electron chi connectivity index (χ3n) is 4.42. The Hall–Kier alpha value is -3.84. The lowest BCUT2D eigenvalue weighted by atomic mass is 10.2. The van der Waals surface area contributed by atoms with Gasteiger partial charge in [-0.1, -0.05) is 54.1 Å². The number of nitrogens with one attached hydrogen (secondary N) is 2. The zero-order valence-electron chi connectivity index (χ0n) is 18.3. The molecule has 0 heterocycles. The van der Waals surface area contributed by atoms with E-state index in [4.69, 9.17) is 21.1 Å². The minimum Gasteiger partial charge on any atom is -0.490 e. The minimum absolute atomic E-state index is 0.334. The summed E-state index contributed by atoms with van der Waals surface area (Å²) < 4.78 is 11.5. The molecule has 0 fully saturated rings. The maximum absolute atomic E-state index is 12.0. The number of hydrogen-bond acceptors (Lipinski definition) is 5. The Morgan fingerprint density at radius 3 is 2.52 bits per heavy atom. The van der Waals surface area contributed by atoms with Gasteiger partial charge in [-0.15, -0.1) is 0 Å². The van der Waals surface area contributed by atoms with Crippen LogP contribution in [0.3, 0.4) is 0 Å². The van der Waals surface area contributed by atoms with Crippen molar-refractivity contribution in [2.45, 2.75) is 20.5 Å². The van der Waals surface area contributed by atoms with Crippen LogP contribution in [0.1, 0.15) is 23.6 Å². The number of aryl methyl sites for hydroxylation is 1. The van der Waals surface area contributed by atoms with Gasteiger partial charge in [-0.2, -0.15) is 5.10 Å². The Balaban J connectivity index is 1.64. The molecule has 0 bridgehead atoms. The number of benzene rings is 3. The van der Waals surface area contributed by atoms with Gasteiger partial charge in [0.15, 0.2) is 11.5 Å². The molecule has 2 N–H and O–H groups in total. The summed E-state index contributed by atoms with van der Waals surface area (Å²) in [6.45, 7) is 4.48. The summed E-state index contributed by atoms with van der Waals surface area (Å²) in [7, 11) is 0. The standard InChI is InChI=1S/C25H24ClN3O4/c1-3-32-22-14-19(13-21(26)23(22)33-16-18-9-5-4-6-10-18)15-27-29-25(31)24(30)28-20-11-7-8-17(2)12-20/h4-15H,3,16H2,1-2H3,(H,28,30)(H,29,31)/b27-15-. The molecule has 3 rings (SSSR count). The summed E-state index contributed by atoms with van der Waals surface area (Å²) in [6, 6.07) is 20.1. The van der Waals surface area contributed by atoms with Crippen molar-refractivity contribution in [1.29, 1.82) is 0 Å². The van der Waals surface area contributed by atoms with Gasteiger partial charge in [-0.25, -0.2) is 5.43 Å². The molecule has 0 atom stereocenters. The van der Waals surface area contributed by atoms with Gasteiger partial charge >= 0.3 is 11.8 Å². The first kappa shape index (κ1) is 23.8. The molecule has 0 saturated heterocycles. The molecule has 8 heteroatoms. The summed E-state index contributed by atoms with van der Waals surface area (Å²) >= 11 is 6.41. The summed E-state index contributed by atoms with van der Waals surface area (Å²) in [4.78, 5) is 24.1. The Morgan fingerprint density at radius 1 is 1.00 bits per heavy atom. The first-order valence-electron chi connectivity index (χ1n) is 10.3. The molecule has 0 aromatic heterocycles. The number of hydrogen-bond donors (Lipinski definition) is 2. The Bertz CT molecular complexity index is 1150. The second kappa shape index (κ2) is 11.7. The maximum Gasteiger partial charge on any atom is 0.329 e. The Morgan fingerprint density at radius 2 is 1.79 bits per heavy atom. The lowest BCUT2D eigenvalue weighted by molar-refractivity contribution is -0.136. The second-order valence-corrected chi connectivity index (χ2v) is 7.47. The highest BCUT2D eigenvalue weighted by Gasteiger charge is 2.14. The van der Waals surface area contributed by atoms with E-state index in [0.29, 0.717) is 41.0 Å². The molecule has 0 radical (unpaired) electrons. The largest absolute Gasteiger partial charge is 0.490 e. The summed E-state index contributed by atoms with van der Waals surface area (Å²) in [5.41, 5.74) is 5.25. The fourth-order valence-corrected chi connectivity index (χ4v) is 3.20. The number of amides is 2. The van der Waals surface area contributed by atoms with E-state index in [2.05, 4.69) is 15.8 Å². The fourth-order valence-electron chi connectivity index (χ4n) is 2.92. The number of hydrazone groups is 1. The lowest BCUT2D eigenvalue weighted by Crippen LogP contribution is -2.32. The van der Waals surface area contributed by atoms with E-state index in [9.17, 15) is 9.59 Å². The topological polar surface area (TPSA) is 89.0 Å². The van der Waals surface area contributed by atoms with E-state index >= 15 is 0 Å². The molecule has 2 amide bonds. The predicted molar refractivity (Wildman–Crippen MR) is 129 cm³/mol. The van der Waals surface area contributed by atoms with Gasteiger partial charge < -0.3 is 14.8 Å². The molecular formula is C25H24ClN3O4.